The molecule has 3 nitrogen and oxygen atoms in total. The Bertz CT molecular complexity index is 389. The third-order valence-electron chi connectivity index (χ3n) is 3.29. The Morgan fingerprint density at radius 2 is 2.31 bits per heavy atom. The van der Waals surface area contributed by atoms with Crippen LogP contribution < -0.4 is 11.1 Å². The number of carbonyl (C=O) groups excluding carboxylic acids is 1. The van der Waals surface area contributed by atoms with E-state index in [-0.39, 0.29) is 11.8 Å². The van der Waals surface area contributed by atoms with Gasteiger partial charge in [-0.1, -0.05) is 31.2 Å². The smallest absolute Gasteiger partial charge is 0.221 e. The van der Waals surface area contributed by atoms with Gasteiger partial charge in [0.1, 0.15) is 0 Å². The van der Waals surface area contributed by atoms with Crippen LogP contribution in [0.25, 0.3) is 0 Å². The number of carbonyl (C=O) groups is 1. The second-order valence-corrected chi connectivity index (χ2v) is 4.56. The van der Waals surface area contributed by atoms with Crippen LogP contribution in [0.4, 0.5) is 0 Å². The summed E-state index contributed by atoms with van der Waals surface area (Å²) in [6.45, 7) is 3.46. The topological polar surface area (TPSA) is 55.1 Å². The zero-order chi connectivity index (χ0) is 11.5. The van der Waals surface area contributed by atoms with Crippen molar-refractivity contribution in [2.45, 2.75) is 19.3 Å². The minimum Gasteiger partial charge on any atom is -0.369 e. The van der Waals surface area contributed by atoms with E-state index in [1.165, 1.54) is 11.1 Å². The van der Waals surface area contributed by atoms with E-state index in [0.29, 0.717) is 12.5 Å². The standard InChI is InChI=1S/C13H18N2O/c1-9(13(14)16)7-15-8-11-6-10-4-2-3-5-12(10)11/h2-5,9,11,15H,6-8H2,1H3,(H2,14,16). The Hall–Kier alpha value is -1.35. The summed E-state index contributed by atoms with van der Waals surface area (Å²) in [5.74, 6) is 0.285. The van der Waals surface area contributed by atoms with Crippen LogP contribution in [0.3, 0.4) is 0 Å². The molecule has 0 aromatic heterocycles. The molecule has 0 heterocycles. The highest BCUT2D eigenvalue weighted by Crippen LogP contribution is 2.33. The van der Waals surface area contributed by atoms with E-state index in [9.17, 15) is 4.79 Å². The van der Waals surface area contributed by atoms with E-state index in [1.54, 1.807) is 0 Å². The van der Waals surface area contributed by atoms with Crippen molar-refractivity contribution in [3.05, 3.63) is 35.4 Å². The Morgan fingerprint density at radius 1 is 1.56 bits per heavy atom. The van der Waals surface area contributed by atoms with E-state index in [1.807, 2.05) is 6.92 Å². The second kappa shape index (κ2) is 4.66. The van der Waals surface area contributed by atoms with E-state index in [0.717, 1.165) is 13.0 Å². The van der Waals surface area contributed by atoms with Crippen LogP contribution in [0.1, 0.15) is 24.0 Å². The number of fused-ring (bicyclic) bond motifs is 1. The molecule has 1 aliphatic rings. The molecule has 1 amide bonds. The fourth-order valence-corrected chi connectivity index (χ4v) is 2.12. The predicted molar refractivity (Wildman–Crippen MR) is 64.1 cm³/mol. The lowest BCUT2D eigenvalue weighted by atomic mass is 9.77. The Morgan fingerprint density at radius 3 is 3.00 bits per heavy atom. The molecule has 0 spiro atoms. The number of primary amides is 1. The van der Waals surface area contributed by atoms with Crippen molar-refractivity contribution >= 4 is 5.91 Å². The molecule has 1 aromatic rings. The highest BCUT2D eigenvalue weighted by molar-refractivity contribution is 5.76. The van der Waals surface area contributed by atoms with Crippen molar-refractivity contribution in [2.75, 3.05) is 13.1 Å². The molecule has 3 heteroatoms. The van der Waals surface area contributed by atoms with Gasteiger partial charge in [0.25, 0.3) is 0 Å². The fourth-order valence-electron chi connectivity index (χ4n) is 2.12. The number of hydrogen-bond donors (Lipinski definition) is 2. The second-order valence-electron chi connectivity index (χ2n) is 4.56. The van der Waals surface area contributed by atoms with E-state index in [4.69, 9.17) is 5.73 Å². The van der Waals surface area contributed by atoms with Crippen LogP contribution >= 0.6 is 0 Å². The van der Waals surface area contributed by atoms with Crippen molar-refractivity contribution in [3.63, 3.8) is 0 Å². The molecule has 3 N–H and O–H groups in total. The molecule has 2 atom stereocenters. The van der Waals surface area contributed by atoms with Crippen LogP contribution in [-0.4, -0.2) is 19.0 Å². The Labute approximate surface area is 96.0 Å². The zero-order valence-electron chi connectivity index (χ0n) is 9.57. The third kappa shape index (κ3) is 2.25. The molecule has 0 bridgehead atoms. The average Bonchev–Trinajstić information content (AvgIpc) is 2.24. The number of nitrogens with one attached hydrogen (secondary N) is 1. The molecule has 2 unspecified atom stereocenters. The fraction of sp³-hybridized carbons (Fsp3) is 0.462. The SMILES string of the molecule is CC(CNCC1Cc2ccccc21)C(N)=O. The molecule has 0 radical (unpaired) electrons. The molecular weight excluding hydrogens is 200 g/mol. The number of nitrogens with two attached hydrogens (primary N) is 1. The van der Waals surface area contributed by atoms with Crippen molar-refractivity contribution in [3.8, 4) is 0 Å². The van der Waals surface area contributed by atoms with Gasteiger partial charge in [-0.25, -0.2) is 0 Å². The largest absolute Gasteiger partial charge is 0.369 e. The Kier molecular flexibility index (Phi) is 3.25. The maximum absolute atomic E-state index is 10.8. The summed E-state index contributed by atoms with van der Waals surface area (Å²) in [6, 6.07) is 8.52. The number of benzene rings is 1. The summed E-state index contributed by atoms with van der Waals surface area (Å²) in [4.78, 5) is 10.8. The van der Waals surface area contributed by atoms with Gasteiger partial charge in [0, 0.05) is 24.9 Å². The molecule has 86 valence electrons. The molecule has 0 saturated heterocycles. The summed E-state index contributed by atoms with van der Waals surface area (Å²) in [6.07, 6.45) is 1.15. The quantitative estimate of drug-likeness (QED) is 0.775. The number of rotatable bonds is 5. The zero-order valence-corrected chi connectivity index (χ0v) is 9.57. The van der Waals surface area contributed by atoms with Gasteiger partial charge in [0.2, 0.25) is 5.91 Å². The first-order valence-corrected chi connectivity index (χ1v) is 5.76. The van der Waals surface area contributed by atoms with Crippen molar-refractivity contribution in [1.29, 1.82) is 0 Å². The summed E-state index contributed by atoms with van der Waals surface area (Å²) < 4.78 is 0. The summed E-state index contributed by atoms with van der Waals surface area (Å²) in [5, 5.41) is 3.31. The predicted octanol–water partition coefficient (Wildman–Crippen LogP) is 1.04. The number of hydrogen-bond acceptors (Lipinski definition) is 2. The van der Waals surface area contributed by atoms with E-state index < -0.39 is 0 Å². The van der Waals surface area contributed by atoms with Gasteiger partial charge in [0.15, 0.2) is 0 Å². The maximum atomic E-state index is 10.8. The van der Waals surface area contributed by atoms with Gasteiger partial charge in [-0.15, -0.1) is 0 Å². The molecule has 0 saturated carbocycles. The lowest BCUT2D eigenvalue weighted by Gasteiger charge is -2.30. The molecule has 1 aromatic carbocycles. The minimum absolute atomic E-state index is 0.0877. The molecule has 1 aliphatic carbocycles. The maximum Gasteiger partial charge on any atom is 0.221 e. The minimum atomic E-state index is -0.235. The molecular formula is C13H18N2O. The normalized spacial score (nSPS) is 19.7. The van der Waals surface area contributed by atoms with Crippen LogP contribution in [0.15, 0.2) is 24.3 Å². The van der Waals surface area contributed by atoms with Crippen LogP contribution in [-0.2, 0) is 11.2 Å². The van der Waals surface area contributed by atoms with Gasteiger partial charge in [-0.05, 0) is 17.5 Å². The summed E-state index contributed by atoms with van der Waals surface area (Å²) in [7, 11) is 0. The van der Waals surface area contributed by atoms with Crippen molar-refractivity contribution in [2.24, 2.45) is 11.7 Å². The van der Waals surface area contributed by atoms with Crippen molar-refractivity contribution < 1.29 is 4.79 Å². The third-order valence-corrected chi connectivity index (χ3v) is 3.29. The van der Waals surface area contributed by atoms with Gasteiger partial charge < -0.3 is 11.1 Å². The average molecular weight is 218 g/mol. The molecule has 2 rings (SSSR count). The molecule has 0 aliphatic heterocycles. The Balaban J connectivity index is 1.76. The molecule has 16 heavy (non-hydrogen) atoms. The summed E-state index contributed by atoms with van der Waals surface area (Å²) >= 11 is 0. The summed E-state index contributed by atoms with van der Waals surface area (Å²) in [5.41, 5.74) is 8.10. The molecule has 0 fully saturated rings. The highest BCUT2D eigenvalue weighted by Gasteiger charge is 2.24. The van der Waals surface area contributed by atoms with Crippen LogP contribution in [0, 0.1) is 5.92 Å². The highest BCUT2D eigenvalue weighted by atomic mass is 16.1. The van der Waals surface area contributed by atoms with Gasteiger partial charge >= 0.3 is 0 Å². The first kappa shape index (κ1) is 11.1. The lowest BCUT2D eigenvalue weighted by Crippen LogP contribution is -2.35. The van der Waals surface area contributed by atoms with Crippen LogP contribution in [0.5, 0.6) is 0 Å². The van der Waals surface area contributed by atoms with E-state index in [2.05, 4.69) is 29.6 Å². The van der Waals surface area contributed by atoms with Gasteiger partial charge in [0.05, 0.1) is 0 Å². The van der Waals surface area contributed by atoms with E-state index >= 15 is 0 Å². The lowest BCUT2D eigenvalue weighted by molar-refractivity contribution is -0.121. The first-order valence-electron chi connectivity index (χ1n) is 5.76. The first-order chi connectivity index (χ1) is 7.68. The van der Waals surface area contributed by atoms with Gasteiger partial charge in [-0.2, -0.15) is 0 Å². The van der Waals surface area contributed by atoms with Crippen molar-refractivity contribution in [1.82, 2.24) is 5.32 Å². The van der Waals surface area contributed by atoms with Gasteiger partial charge in [-0.3, -0.25) is 4.79 Å². The number of amides is 1. The monoisotopic (exact) mass is 218 g/mol. The van der Waals surface area contributed by atoms with Crippen LogP contribution in [0.2, 0.25) is 0 Å².